The minimum atomic E-state index is 0.187. The van der Waals surface area contributed by atoms with Crippen LogP contribution in [0.2, 0.25) is 0 Å². The Balaban J connectivity index is 2.07. The quantitative estimate of drug-likeness (QED) is 0.892. The van der Waals surface area contributed by atoms with Gasteiger partial charge in [0.05, 0.1) is 14.2 Å². The topological polar surface area (TPSA) is 30.5 Å². The molecule has 0 radical (unpaired) electrons. The van der Waals surface area contributed by atoms with Crippen molar-refractivity contribution in [2.45, 2.75) is 45.1 Å². The number of nitrogens with one attached hydrogen (secondary N) is 1. The van der Waals surface area contributed by atoms with Crippen LogP contribution < -0.4 is 14.8 Å². The van der Waals surface area contributed by atoms with E-state index < -0.39 is 0 Å². The highest BCUT2D eigenvalue weighted by atomic mass is 16.5. The molecule has 1 aromatic rings. The van der Waals surface area contributed by atoms with Crippen LogP contribution in [0.25, 0.3) is 0 Å². The van der Waals surface area contributed by atoms with Gasteiger partial charge >= 0.3 is 0 Å². The second kappa shape index (κ2) is 6.04. The zero-order valence-electron chi connectivity index (χ0n) is 13.3. The van der Waals surface area contributed by atoms with Crippen LogP contribution in [0, 0.1) is 5.92 Å². The van der Waals surface area contributed by atoms with Crippen molar-refractivity contribution in [3.8, 4) is 11.5 Å². The summed E-state index contributed by atoms with van der Waals surface area (Å²) in [5.74, 6) is 3.10. The highest BCUT2D eigenvalue weighted by Crippen LogP contribution is 2.44. The maximum atomic E-state index is 5.37. The highest BCUT2D eigenvalue weighted by molar-refractivity contribution is 5.41. The molecule has 0 spiro atoms. The largest absolute Gasteiger partial charge is 0.497 e. The van der Waals surface area contributed by atoms with E-state index in [1.165, 1.54) is 18.4 Å². The van der Waals surface area contributed by atoms with E-state index in [4.69, 9.17) is 9.47 Å². The average molecular weight is 277 g/mol. The SMILES string of the molecule is COc1cc(OC)cc(C2CCC2CNC(C)(C)C)c1. The monoisotopic (exact) mass is 277 g/mol. The van der Waals surface area contributed by atoms with E-state index >= 15 is 0 Å². The Labute approximate surface area is 122 Å². The molecule has 2 atom stereocenters. The zero-order chi connectivity index (χ0) is 14.8. The molecule has 0 aromatic heterocycles. The molecule has 112 valence electrons. The third kappa shape index (κ3) is 3.66. The van der Waals surface area contributed by atoms with Crippen molar-refractivity contribution in [2.75, 3.05) is 20.8 Å². The van der Waals surface area contributed by atoms with Crippen molar-refractivity contribution in [3.63, 3.8) is 0 Å². The number of hydrogen-bond donors (Lipinski definition) is 1. The molecule has 1 aliphatic carbocycles. The maximum absolute atomic E-state index is 5.37. The van der Waals surface area contributed by atoms with Crippen LogP contribution in [0.3, 0.4) is 0 Å². The van der Waals surface area contributed by atoms with Crippen LogP contribution in [0.4, 0.5) is 0 Å². The fraction of sp³-hybridized carbons (Fsp3) is 0.647. The first kappa shape index (κ1) is 15.2. The molecule has 2 rings (SSSR count). The minimum absolute atomic E-state index is 0.187. The van der Waals surface area contributed by atoms with Gasteiger partial charge in [0, 0.05) is 11.6 Å². The molecule has 3 heteroatoms. The number of rotatable bonds is 5. The Hall–Kier alpha value is -1.22. The maximum Gasteiger partial charge on any atom is 0.122 e. The molecule has 0 saturated heterocycles. The van der Waals surface area contributed by atoms with Gasteiger partial charge in [0.1, 0.15) is 11.5 Å². The standard InChI is InChI=1S/C17H27NO2/c1-17(2,3)18-11-12-6-7-16(12)13-8-14(19-4)10-15(9-13)20-5/h8-10,12,16,18H,6-7,11H2,1-5H3. The fourth-order valence-electron chi connectivity index (χ4n) is 2.73. The van der Waals surface area contributed by atoms with E-state index in [0.29, 0.717) is 11.8 Å². The van der Waals surface area contributed by atoms with E-state index in [0.717, 1.165) is 18.0 Å². The lowest BCUT2D eigenvalue weighted by Crippen LogP contribution is -2.42. The average Bonchev–Trinajstić information content (AvgIpc) is 2.35. The summed E-state index contributed by atoms with van der Waals surface area (Å²) in [6.07, 6.45) is 2.56. The molecule has 3 nitrogen and oxygen atoms in total. The molecule has 0 bridgehead atoms. The van der Waals surface area contributed by atoms with Gasteiger partial charge in [-0.05, 0) is 69.7 Å². The molecule has 0 heterocycles. The van der Waals surface area contributed by atoms with Gasteiger partial charge in [0.25, 0.3) is 0 Å². The van der Waals surface area contributed by atoms with Crippen molar-refractivity contribution < 1.29 is 9.47 Å². The minimum Gasteiger partial charge on any atom is -0.497 e. The molecule has 1 aliphatic rings. The van der Waals surface area contributed by atoms with Crippen molar-refractivity contribution in [2.24, 2.45) is 5.92 Å². The van der Waals surface area contributed by atoms with E-state index in [9.17, 15) is 0 Å². The zero-order valence-corrected chi connectivity index (χ0v) is 13.3. The summed E-state index contributed by atoms with van der Waals surface area (Å²) in [5, 5.41) is 3.62. The van der Waals surface area contributed by atoms with Crippen molar-refractivity contribution in [3.05, 3.63) is 23.8 Å². The molecular formula is C17H27NO2. The molecule has 1 fully saturated rings. The molecule has 20 heavy (non-hydrogen) atoms. The van der Waals surface area contributed by atoms with Gasteiger partial charge in [0.2, 0.25) is 0 Å². The van der Waals surface area contributed by atoms with Crippen LogP contribution >= 0.6 is 0 Å². The van der Waals surface area contributed by atoms with Crippen LogP contribution in [-0.2, 0) is 0 Å². The Kier molecular flexibility index (Phi) is 4.59. The lowest BCUT2D eigenvalue weighted by atomic mass is 9.69. The van der Waals surface area contributed by atoms with Gasteiger partial charge in [-0.1, -0.05) is 0 Å². The van der Waals surface area contributed by atoms with Gasteiger partial charge in [-0.2, -0.15) is 0 Å². The molecule has 1 aromatic carbocycles. The summed E-state index contributed by atoms with van der Waals surface area (Å²) < 4.78 is 10.7. The van der Waals surface area contributed by atoms with Gasteiger partial charge in [0.15, 0.2) is 0 Å². The van der Waals surface area contributed by atoms with E-state index in [1.54, 1.807) is 14.2 Å². The number of ether oxygens (including phenoxy) is 2. The third-order valence-electron chi connectivity index (χ3n) is 4.11. The van der Waals surface area contributed by atoms with Gasteiger partial charge in [-0.3, -0.25) is 0 Å². The first-order valence-electron chi connectivity index (χ1n) is 7.41. The molecule has 1 saturated carbocycles. The van der Waals surface area contributed by atoms with Crippen LogP contribution in [0.5, 0.6) is 11.5 Å². The third-order valence-corrected chi connectivity index (χ3v) is 4.11. The number of hydrogen-bond acceptors (Lipinski definition) is 3. The van der Waals surface area contributed by atoms with Crippen LogP contribution in [0.1, 0.15) is 45.1 Å². The Morgan fingerprint density at radius 3 is 2.05 bits per heavy atom. The molecule has 2 unspecified atom stereocenters. The summed E-state index contributed by atoms with van der Waals surface area (Å²) in [4.78, 5) is 0. The van der Waals surface area contributed by atoms with E-state index in [-0.39, 0.29) is 5.54 Å². The predicted octanol–water partition coefficient (Wildman–Crippen LogP) is 3.59. The second-order valence-electron chi connectivity index (χ2n) is 6.72. The molecule has 0 aliphatic heterocycles. The Morgan fingerprint density at radius 2 is 1.65 bits per heavy atom. The number of methoxy groups -OCH3 is 2. The van der Waals surface area contributed by atoms with Crippen molar-refractivity contribution in [1.82, 2.24) is 5.32 Å². The second-order valence-corrected chi connectivity index (χ2v) is 6.72. The fourth-order valence-corrected chi connectivity index (χ4v) is 2.73. The predicted molar refractivity (Wildman–Crippen MR) is 82.8 cm³/mol. The molecule has 1 N–H and O–H groups in total. The summed E-state index contributed by atoms with van der Waals surface area (Å²) in [6.45, 7) is 7.73. The summed E-state index contributed by atoms with van der Waals surface area (Å²) >= 11 is 0. The van der Waals surface area contributed by atoms with Crippen LogP contribution in [0.15, 0.2) is 18.2 Å². The van der Waals surface area contributed by atoms with E-state index in [2.05, 4.69) is 38.2 Å². The summed E-state index contributed by atoms with van der Waals surface area (Å²) in [5.41, 5.74) is 1.53. The van der Waals surface area contributed by atoms with E-state index in [1.807, 2.05) is 6.07 Å². The number of benzene rings is 1. The summed E-state index contributed by atoms with van der Waals surface area (Å²) in [7, 11) is 3.41. The Morgan fingerprint density at radius 1 is 1.05 bits per heavy atom. The molecule has 0 amide bonds. The van der Waals surface area contributed by atoms with Gasteiger partial charge in [-0.25, -0.2) is 0 Å². The first-order valence-corrected chi connectivity index (χ1v) is 7.41. The van der Waals surface area contributed by atoms with Crippen LogP contribution in [-0.4, -0.2) is 26.3 Å². The van der Waals surface area contributed by atoms with Crippen molar-refractivity contribution >= 4 is 0 Å². The lowest BCUT2D eigenvalue weighted by Gasteiger charge is -2.39. The van der Waals surface area contributed by atoms with Gasteiger partial charge in [-0.15, -0.1) is 0 Å². The van der Waals surface area contributed by atoms with Crippen molar-refractivity contribution in [1.29, 1.82) is 0 Å². The smallest absolute Gasteiger partial charge is 0.122 e. The first-order chi connectivity index (χ1) is 9.43. The molecular weight excluding hydrogens is 250 g/mol. The lowest BCUT2D eigenvalue weighted by molar-refractivity contribution is 0.225. The normalized spacial score (nSPS) is 22.2. The Bertz CT molecular complexity index is 429. The van der Waals surface area contributed by atoms with Gasteiger partial charge < -0.3 is 14.8 Å². The summed E-state index contributed by atoms with van der Waals surface area (Å²) in [6, 6.07) is 6.23. The highest BCUT2D eigenvalue weighted by Gasteiger charge is 2.33.